The van der Waals surface area contributed by atoms with Gasteiger partial charge in [0.25, 0.3) is 0 Å². The van der Waals surface area contributed by atoms with Gasteiger partial charge in [-0.25, -0.2) is 4.98 Å². The Labute approximate surface area is 170 Å². The van der Waals surface area contributed by atoms with E-state index in [0.29, 0.717) is 13.2 Å². The number of nitrogens with one attached hydrogen (secondary N) is 3. The molecule has 0 fully saturated rings. The second kappa shape index (κ2) is 10.6. The molecule has 0 aliphatic heterocycles. The number of fused-ring (bicyclic) bond motifs is 1. The lowest BCUT2D eigenvalue weighted by Gasteiger charge is -2.12. The largest absolute Gasteiger partial charge is 0.492 e. The molecule has 3 rings (SSSR count). The van der Waals surface area contributed by atoms with E-state index in [2.05, 4.69) is 25.6 Å². The van der Waals surface area contributed by atoms with Gasteiger partial charge in [0, 0.05) is 20.0 Å². The van der Waals surface area contributed by atoms with Crippen molar-refractivity contribution in [2.75, 3.05) is 26.7 Å². The topological polar surface area (TPSA) is 74.3 Å². The van der Waals surface area contributed by atoms with Gasteiger partial charge >= 0.3 is 0 Å². The predicted octanol–water partition coefficient (Wildman–Crippen LogP) is 2.97. The number of nitrogens with zero attached hydrogens (tertiary/aromatic N) is 2. The molecular weight excluding hydrogens is 441 g/mol. The first-order chi connectivity index (χ1) is 12.3. The van der Waals surface area contributed by atoms with Gasteiger partial charge < -0.3 is 20.4 Å². The molecule has 0 spiro atoms. The second-order valence-electron chi connectivity index (χ2n) is 5.54. The van der Waals surface area contributed by atoms with Crippen LogP contribution in [0.4, 0.5) is 0 Å². The number of H-pyrrole nitrogens is 1. The van der Waals surface area contributed by atoms with Crippen molar-refractivity contribution in [3.05, 3.63) is 60.4 Å². The van der Waals surface area contributed by atoms with Crippen LogP contribution in [-0.2, 0) is 6.42 Å². The summed E-state index contributed by atoms with van der Waals surface area (Å²) >= 11 is 0. The number of hydrogen-bond acceptors (Lipinski definition) is 3. The number of aromatic nitrogens is 2. The highest BCUT2D eigenvalue weighted by Gasteiger charge is 2.03. The predicted molar refractivity (Wildman–Crippen MR) is 117 cm³/mol. The molecule has 0 unspecified atom stereocenters. The highest BCUT2D eigenvalue weighted by molar-refractivity contribution is 14.0. The first kappa shape index (κ1) is 20.0. The molecule has 0 aliphatic rings. The van der Waals surface area contributed by atoms with Gasteiger partial charge in [-0.1, -0.05) is 30.3 Å². The smallest absolute Gasteiger partial charge is 0.191 e. The average Bonchev–Trinajstić information content (AvgIpc) is 3.07. The van der Waals surface area contributed by atoms with E-state index >= 15 is 0 Å². The third-order valence-electron chi connectivity index (χ3n) is 3.72. The van der Waals surface area contributed by atoms with Crippen LogP contribution >= 0.6 is 24.0 Å². The molecule has 0 radical (unpaired) electrons. The fraction of sp³-hybridized carbons (Fsp3) is 0.263. The number of aromatic amines is 1. The molecule has 1 heterocycles. The molecule has 0 aliphatic carbocycles. The molecule has 0 saturated carbocycles. The second-order valence-corrected chi connectivity index (χ2v) is 5.54. The Morgan fingerprint density at radius 3 is 2.54 bits per heavy atom. The van der Waals surface area contributed by atoms with Gasteiger partial charge in [-0.3, -0.25) is 4.99 Å². The molecule has 0 atom stereocenters. The Balaban J connectivity index is 0.00000243. The first-order valence-electron chi connectivity index (χ1n) is 8.41. The van der Waals surface area contributed by atoms with Crippen LogP contribution in [0.3, 0.4) is 0 Å². The molecule has 0 saturated heterocycles. The SMILES string of the molecule is CN=C(NCCOc1ccccc1)NCCc1nc2ccccc2[nH]1.I. The number of hydrogen-bond donors (Lipinski definition) is 3. The lowest BCUT2D eigenvalue weighted by atomic mass is 10.3. The van der Waals surface area contributed by atoms with E-state index in [4.69, 9.17) is 4.74 Å². The van der Waals surface area contributed by atoms with Crippen LogP contribution in [0.5, 0.6) is 5.75 Å². The highest BCUT2D eigenvalue weighted by atomic mass is 127. The fourth-order valence-corrected chi connectivity index (χ4v) is 2.50. The minimum Gasteiger partial charge on any atom is -0.492 e. The number of halogens is 1. The van der Waals surface area contributed by atoms with E-state index in [-0.39, 0.29) is 24.0 Å². The fourth-order valence-electron chi connectivity index (χ4n) is 2.50. The highest BCUT2D eigenvalue weighted by Crippen LogP contribution is 2.10. The van der Waals surface area contributed by atoms with Gasteiger partial charge in [0.2, 0.25) is 0 Å². The summed E-state index contributed by atoms with van der Waals surface area (Å²) in [5.41, 5.74) is 2.07. The van der Waals surface area contributed by atoms with Gasteiger partial charge in [-0.05, 0) is 24.3 Å². The van der Waals surface area contributed by atoms with Crippen LogP contribution < -0.4 is 15.4 Å². The Kier molecular flexibility index (Phi) is 8.20. The molecule has 0 bridgehead atoms. The van der Waals surface area contributed by atoms with Gasteiger partial charge in [0.05, 0.1) is 17.6 Å². The van der Waals surface area contributed by atoms with E-state index in [1.165, 1.54) is 0 Å². The molecule has 0 amide bonds. The minimum absolute atomic E-state index is 0. The van der Waals surface area contributed by atoms with E-state index in [0.717, 1.165) is 41.5 Å². The summed E-state index contributed by atoms with van der Waals surface area (Å²) in [6, 6.07) is 17.8. The number of benzene rings is 2. The molecule has 26 heavy (non-hydrogen) atoms. The zero-order chi connectivity index (χ0) is 17.3. The number of guanidine groups is 1. The summed E-state index contributed by atoms with van der Waals surface area (Å²) in [5, 5.41) is 6.52. The summed E-state index contributed by atoms with van der Waals surface area (Å²) in [5.74, 6) is 2.60. The van der Waals surface area contributed by atoms with Crippen LogP contribution in [0.2, 0.25) is 0 Å². The Morgan fingerprint density at radius 2 is 1.77 bits per heavy atom. The van der Waals surface area contributed by atoms with Gasteiger partial charge in [-0.2, -0.15) is 0 Å². The maximum absolute atomic E-state index is 5.65. The zero-order valence-corrected chi connectivity index (χ0v) is 17.1. The van der Waals surface area contributed by atoms with E-state index in [1.54, 1.807) is 7.05 Å². The Hall–Kier alpha value is -2.29. The van der Waals surface area contributed by atoms with Gasteiger partial charge in [-0.15, -0.1) is 24.0 Å². The number of aliphatic imine (C=N–C) groups is 1. The van der Waals surface area contributed by atoms with Crippen molar-refractivity contribution in [1.29, 1.82) is 0 Å². The average molecular weight is 465 g/mol. The van der Waals surface area contributed by atoms with E-state index < -0.39 is 0 Å². The van der Waals surface area contributed by atoms with E-state index in [1.807, 2.05) is 54.6 Å². The summed E-state index contributed by atoms with van der Waals surface area (Å²) in [4.78, 5) is 12.1. The summed E-state index contributed by atoms with van der Waals surface area (Å²) in [6.07, 6.45) is 0.801. The molecule has 1 aromatic heterocycles. The first-order valence-corrected chi connectivity index (χ1v) is 8.41. The number of ether oxygens (including phenoxy) is 1. The molecule has 3 aromatic rings. The molecule has 2 aromatic carbocycles. The standard InChI is InChI=1S/C19H23N5O.HI/c1-20-19(22-13-14-25-15-7-3-2-4-8-15)21-12-11-18-23-16-9-5-6-10-17(16)24-18;/h2-10H,11-14H2,1H3,(H,23,24)(H2,20,21,22);1H. The monoisotopic (exact) mass is 465 g/mol. The molecule has 3 N–H and O–H groups in total. The maximum Gasteiger partial charge on any atom is 0.191 e. The van der Waals surface area contributed by atoms with Crippen molar-refractivity contribution in [3.8, 4) is 5.75 Å². The molecular formula is C19H24IN5O. The molecule has 6 nitrogen and oxygen atoms in total. The number of imidazole rings is 1. The van der Waals surface area contributed by atoms with Crippen LogP contribution in [0.15, 0.2) is 59.6 Å². The zero-order valence-electron chi connectivity index (χ0n) is 14.7. The van der Waals surface area contributed by atoms with Crippen molar-refractivity contribution < 1.29 is 4.74 Å². The third-order valence-corrected chi connectivity index (χ3v) is 3.72. The Morgan fingerprint density at radius 1 is 1.04 bits per heavy atom. The third kappa shape index (κ3) is 5.91. The van der Waals surface area contributed by atoms with Crippen molar-refractivity contribution >= 4 is 41.0 Å². The van der Waals surface area contributed by atoms with E-state index in [9.17, 15) is 0 Å². The summed E-state index contributed by atoms with van der Waals surface area (Å²) in [6.45, 7) is 2.01. The van der Waals surface area contributed by atoms with Gasteiger partial charge in [0.1, 0.15) is 18.2 Å². The van der Waals surface area contributed by atoms with Crippen molar-refractivity contribution in [1.82, 2.24) is 20.6 Å². The van der Waals surface area contributed by atoms with Crippen LogP contribution in [-0.4, -0.2) is 42.7 Å². The Bertz CT molecular complexity index is 786. The molecule has 138 valence electrons. The van der Waals surface area contributed by atoms with Crippen LogP contribution in [0.25, 0.3) is 11.0 Å². The van der Waals surface area contributed by atoms with Crippen molar-refractivity contribution in [3.63, 3.8) is 0 Å². The quantitative estimate of drug-likeness (QED) is 0.217. The number of para-hydroxylation sites is 3. The lowest BCUT2D eigenvalue weighted by Crippen LogP contribution is -2.40. The van der Waals surface area contributed by atoms with Crippen LogP contribution in [0.1, 0.15) is 5.82 Å². The normalized spacial score (nSPS) is 11.0. The summed E-state index contributed by atoms with van der Waals surface area (Å²) in [7, 11) is 1.76. The minimum atomic E-state index is 0. The molecule has 7 heteroatoms. The van der Waals surface area contributed by atoms with Crippen molar-refractivity contribution in [2.45, 2.75) is 6.42 Å². The van der Waals surface area contributed by atoms with Gasteiger partial charge in [0.15, 0.2) is 5.96 Å². The maximum atomic E-state index is 5.65. The summed E-state index contributed by atoms with van der Waals surface area (Å²) < 4.78 is 5.65. The number of rotatable bonds is 7. The lowest BCUT2D eigenvalue weighted by molar-refractivity contribution is 0.322. The van der Waals surface area contributed by atoms with Crippen LogP contribution in [0, 0.1) is 0 Å². The van der Waals surface area contributed by atoms with Crippen molar-refractivity contribution in [2.24, 2.45) is 4.99 Å².